The van der Waals surface area contributed by atoms with Gasteiger partial charge in [-0.15, -0.1) is 0 Å². The summed E-state index contributed by atoms with van der Waals surface area (Å²) < 4.78 is 0. The van der Waals surface area contributed by atoms with Crippen LogP contribution in [0.3, 0.4) is 0 Å². The van der Waals surface area contributed by atoms with E-state index >= 15 is 0 Å². The number of carbonyl (C=O) groups excluding carboxylic acids is 2. The molecule has 0 aromatic carbocycles. The number of urea groups is 1. The first-order valence-corrected chi connectivity index (χ1v) is 5.03. The monoisotopic (exact) mass is 194 g/mol. The van der Waals surface area contributed by atoms with Crippen LogP contribution in [0.2, 0.25) is 0 Å². The molecule has 14 heavy (non-hydrogen) atoms. The van der Waals surface area contributed by atoms with E-state index in [1.54, 1.807) is 4.90 Å². The van der Waals surface area contributed by atoms with Crippen LogP contribution in [0.15, 0.2) is 12.2 Å². The number of amides is 3. The summed E-state index contributed by atoms with van der Waals surface area (Å²) in [4.78, 5) is 24.2. The molecule has 2 aliphatic rings. The molecule has 0 aromatic rings. The van der Waals surface area contributed by atoms with Crippen LogP contribution in [0.4, 0.5) is 4.79 Å². The molecule has 1 fully saturated rings. The van der Waals surface area contributed by atoms with Gasteiger partial charge in [0, 0.05) is 19.0 Å². The van der Waals surface area contributed by atoms with Crippen molar-refractivity contribution in [1.82, 2.24) is 10.2 Å². The largest absolute Gasteiger partial charge is 0.324 e. The van der Waals surface area contributed by atoms with Crippen molar-refractivity contribution >= 4 is 11.9 Å². The Kier molecular flexibility index (Phi) is 2.52. The van der Waals surface area contributed by atoms with Crippen molar-refractivity contribution in [3.63, 3.8) is 0 Å². The number of hydrogen-bond acceptors (Lipinski definition) is 2. The molecular weight excluding hydrogens is 180 g/mol. The van der Waals surface area contributed by atoms with E-state index in [1.165, 1.54) is 0 Å². The first-order valence-electron chi connectivity index (χ1n) is 5.03. The zero-order valence-electron chi connectivity index (χ0n) is 8.03. The minimum absolute atomic E-state index is 0.155. The molecule has 3 amide bonds. The molecule has 1 heterocycles. The summed E-state index contributed by atoms with van der Waals surface area (Å²) in [5, 5.41) is 2.35. The average molecular weight is 194 g/mol. The Labute approximate surface area is 83.0 Å². The van der Waals surface area contributed by atoms with Crippen LogP contribution in [-0.4, -0.2) is 29.4 Å². The van der Waals surface area contributed by atoms with E-state index in [9.17, 15) is 9.59 Å². The van der Waals surface area contributed by atoms with E-state index in [0.29, 0.717) is 13.0 Å². The molecule has 0 bridgehead atoms. The lowest BCUT2D eigenvalue weighted by Crippen LogP contribution is -2.53. The van der Waals surface area contributed by atoms with Crippen LogP contribution in [-0.2, 0) is 4.79 Å². The Hall–Kier alpha value is -1.32. The molecule has 1 saturated heterocycles. The Morgan fingerprint density at radius 1 is 1.36 bits per heavy atom. The lowest BCUT2D eigenvalue weighted by atomic mass is 10.00. The number of hydrogen-bond donors (Lipinski definition) is 1. The average Bonchev–Trinajstić information content (AvgIpc) is 2.19. The van der Waals surface area contributed by atoms with Gasteiger partial charge in [-0.2, -0.15) is 0 Å². The first kappa shape index (κ1) is 9.24. The molecule has 1 aliphatic heterocycles. The fraction of sp³-hybridized carbons (Fsp3) is 0.600. The molecule has 0 aromatic heterocycles. The molecule has 4 nitrogen and oxygen atoms in total. The Morgan fingerprint density at radius 3 is 2.86 bits per heavy atom. The van der Waals surface area contributed by atoms with Crippen LogP contribution in [0.25, 0.3) is 0 Å². The normalized spacial score (nSPS) is 27.7. The van der Waals surface area contributed by atoms with Gasteiger partial charge in [-0.25, -0.2) is 4.79 Å². The topological polar surface area (TPSA) is 49.4 Å². The van der Waals surface area contributed by atoms with Gasteiger partial charge in [0.2, 0.25) is 5.91 Å². The van der Waals surface area contributed by atoms with E-state index in [0.717, 1.165) is 19.3 Å². The predicted octanol–water partition coefficient (Wildman–Crippen LogP) is 1.04. The number of nitrogens with zero attached hydrogens (tertiary/aromatic N) is 1. The highest BCUT2D eigenvalue weighted by atomic mass is 16.2. The second-order valence-corrected chi connectivity index (χ2v) is 3.74. The zero-order valence-corrected chi connectivity index (χ0v) is 8.03. The molecule has 1 aliphatic carbocycles. The van der Waals surface area contributed by atoms with Crippen molar-refractivity contribution in [1.29, 1.82) is 0 Å². The van der Waals surface area contributed by atoms with Crippen molar-refractivity contribution < 1.29 is 9.59 Å². The van der Waals surface area contributed by atoms with Gasteiger partial charge in [-0.3, -0.25) is 10.1 Å². The first-order chi connectivity index (χ1) is 6.77. The molecule has 76 valence electrons. The standard InChI is InChI=1S/C10H14N2O2/c13-9-6-7-12(10(14)11-9)8-4-2-1-3-5-8/h1-2,8H,3-7H2,(H,11,13,14). The van der Waals surface area contributed by atoms with Gasteiger partial charge in [0.15, 0.2) is 0 Å². The second-order valence-electron chi connectivity index (χ2n) is 3.74. The summed E-state index contributed by atoms with van der Waals surface area (Å²) in [6, 6.07) is 0.0645. The SMILES string of the molecule is O=C1CCN(C2CC=CCC2)C(=O)N1. The fourth-order valence-corrected chi connectivity index (χ4v) is 1.99. The van der Waals surface area contributed by atoms with Gasteiger partial charge < -0.3 is 4.90 Å². The highest BCUT2D eigenvalue weighted by Crippen LogP contribution is 2.19. The number of allylic oxidation sites excluding steroid dienone is 1. The van der Waals surface area contributed by atoms with Crippen molar-refractivity contribution in [3.05, 3.63) is 12.2 Å². The van der Waals surface area contributed by atoms with E-state index < -0.39 is 0 Å². The number of imide groups is 1. The van der Waals surface area contributed by atoms with Crippen LogP contribution in [0, 0.1) is 0 Å². The van der Waals surface area contributed by atoms with Gasteiger partial charge in [-0.1, -0.05) is 12.2 Å². The van der Waals surface area contributed by atoms with Crippen LogP contribution in [0.5, 0.6) is 0 Å². The maximum absolute atomic E-state index is 11.5. The minimum Gasteiger partial charge on any atom is -0.321 e. The fourth-order valence-electron chi connectivity index (χ4n) is 1.99. The lowest BCUT2D eigenvalue weighted by molar-refractivity contribution is -0.121. The van der Waals surface area contributed by atoms with Gasteiger partial charge in [0.25, 0.3) is 0 Å². The molecule has 1 unspecified atom stereocenters. The van der Waals surface area contributed by atoms with Gasteiger partial charge >= 0.3 is 6.03 Å². The van der Waals surface area contributed by atoms with Gasteiger partial charge in [0.1, 0.15) is 0 Å². The van der Waals surface area contributed by atoms with Gasteiger partial charge in [-0.05, 0) is 19.3 Å². The highest BCUT2D eigenvalue weighted by molar-refractivity contribution is 5.96. The zero-order chi connectivity index (χ0) is 9.97. The molecule has 4 heteroatoms. The maximum atomic E-state index is 11.5. The second kappa shape index (κ2) is 3.82. The van der Waals surface area contributed by atoms with E-state index in [4.69, 9.17) is 0 Å². The summed E-state index contributed by atoms with van der Waals surface area (Å²) in [7, 11) is 0. The molecule has 1 atom stereocenters. The third-order valence-electron chi connectivity index (χ3n) is 2.77. The minimum atomic E-state index is -0.221. The van der Waals surface area contributed by atoms with Crippen LogP contribution in [0.1, 0.15) is 25.7 Å². The number of rotatable bonds is 1. The van der Waals surface area contributed by atoms with E-state index in [-0.39, 0.29) is 18.0 Å². The molecule has 2 rings (SSSR count). The number of nitrogens with one attached hydrogen (secondary N) is 1. The summed E-state index contributed by atoms with van der Waals surface area (Å²) in [5.41, 5.74) is 0. The summed E-state index contributed by atoms with van der Waals surface area (Å²) in [5.74, 6) is -0.155. The smallest absolute Gasteiger partial charge is 0.321 e. The van der Waals surface area contributed by atoms with Crippen molar-refractivity contribution in [2.24, 2.45) is 0 Å². The molecular formula is C10H14N2O2. The Balaban J connectivity index is 2.00. The van der Waals surface area contributed by atoms with Gasteiger partial charge in [0.05, 0.1) is 0 Å². The quantitative estimate of drug-likeness (QED) is 0.634. The Bertz CT molecular complexity index is 286. The van der Waals surface area contributed by atoms with Crippen LogP contribution < -0.4 is 5.32 Å². The summed E-state index contributed by atoms with van der Waals surface area (Å²) in [6.45, 7) is 0.573. The number of carbonyl (C=O) groups is 2. The predicted molar refractivity (Wildman–Crippen MR) is 51.6 cm³/mol. The molecule has 0 spiro atoms. The summed E-state index contributed by atoms with van der Waals surface area (Å²) >= 11 is 0. The third-order valence-corrected chi connectivity index (χ3v) is 2.77. The van der Waals surface area contributed by atoms with E-state index in [2.05, 4.69) is 17.5 Å². The maximum Gasteiger partial charge on any atom is 0.324 e. The van der Waals surface area contributed by atoms with Crippen molar-refractivity contribution in [2.75, 3.05) is 6.54 Å². The van der Waals surface area contributed by atoms with E-state index in [1.807, 2.05) is 0 Å². The van der Waals surface area contributed by atoms with Crippen molar-refractivity contribution in [2.45, 2.75) is 31.7 Å². The molecule has 1 N–H and O–H groups in total. The molecule has 0 saturated carbocycles. The molecule has 0 radical (unpaired) electrons. The Morgan fingerprint density at radius 2 is 2.21 bits per heavy atom. The van der Waals surface area contributed by atoms with Crippen molar-refractivity contribution in [3.8, 4) is 0 Å². The lowest BCUT2D eigenvalue weighted by Gasteiger charge is -2.34. The van der Waals surface area contributed by atoms with Crippen LogP contribution >= 0.6 is 0 Å². The highest BCUT2D eigenvalue weighted by Gasteiger charge is 2.28. The summed E-state index contributed by atoms with van der Waals surface area (Å²) in [6.07, 6.45) is 7.65. The third kappa shape index (κ3) is 1.78.